The average Bonchev–Trinajstić information content (AvgIpc) is 2.76. The molecular formula is C14H21BrN2O3. The first-order chi connectivity index (χ1) is 9.27. The number of methoxy groups -OCH3 is 1. The number of halogens is 1. The Hall–Kier alpha value is -1.30. The maximum absolute atomic E-state index is 12.4. The SMILES string of the molecule is COC(=O)[C@@H](NC(=O)c1cc(Br)cn1C(C)C)C(C)C. The van der Waals surface area contributed by atoms with E-state index in [2.05, 4.69) is 21.2 Å². The number of amides is 1. The number of esters is 1. The summed E-state index contributed by atoms with van der Waals surface area (Å²) < 4.78 is 7.41. The lowest BCUT2D eigenvalue weighted by molar-refractivity contribution is -0.144. The molecule has 1 rings (SSSR count). The number of nitrogens with one attached hydrogen (secondary N) is 1. The Morgan fingerprint density at radius 2 is 1.90 bits per heavy atom. The number of hydrogen-bond acceptors (Lipinski definition) is 3. The molecule has 0 saturated heterocycles. The molecule has 0 aliphatic carbocycles. The Balaban J connectivity index is 2.98. The lowest BCUT2D eigenvalue weighted by atomic mass is 10.0. The highest BCUT2D eigenvalue weighted by atomic mass is 79.9. The van der Waals surface area contributed by atoms with Crippen molar-refractivity contribution < 1.29 is 14.3 Å². The zero-order valence-electron chi connectivity index (χ0n) is 12.4. The van der Waals surface area contributed by atoms with E-state index in [1.54, 1.807) is 6.07 Å². The van der Waals surface area contributed by atoms with Gasteiger partial charge in [-0.3, -0.25) is 4.79 Å². The molecule has 0 aromatic carbocycles. The summed E-state index contributed by atoms with van der Waals surface area (Å²) in [6, 6.07) is 1.24. The molecule has 20 heavy (non-hydrogen) atoms. The second kappa shape index (κ2) is 6.92. The van der Waals surface area contributed by atoms with E-state index in [0.717, 1.165) is 4.47 Å². The van der Waals surface area contributed by atoms with Crippen LogP contribution in [0.4, 0.5) is 0 Å². The lowest BCUT2D eigenvalue weighted by Gasteiger charge is -2.20. The van der Waals surface area contributed by atoms with Crippen LogP contribution >= 0.6 is 15.9 Å². The molecule has 6 heteroatoms. The quantitative estimate of drug-likeness (QED) is 0.835. The molecule has 1 heterocycles. The fraction of sp³-hybridized carbons (Fsp3) is 0.571. The molecule has 0 aliphatic heterocycles. The normalized spacial score (nSPS) is 12.6. The Morgan fingerprint density at radius 3 is 2.35 bits per heavy atom. The van der Waals surface area contributed by atoms with Crippen molar-refractivity contribution in [2.24, 2.45) is 5.92 Å². The summed E-state index contributed by atoms with van der Waals surface area (Å²) >= 11 is 3.36. The maximum atomic E-state index is 12.4. The number of nitrogens with zero attached hydrogens (tertiary/aromatic N) is 1. The number of carbonyl (C=O) groups is 2. The second-order valence-corrected chi connectivity index (χ2v) is 6.18. The van der Waals surface area contributed by atoms with Crippen LogP contribution in [-0.4, -0.2) is 29.6 Å². The predicted octanol–water partition coefficient (Wildman–Crippen LogP) is 2.76. The number of carbonyl (C=O) groups excluding carboxylic acids is 2. The number of hydrogen-bond donors (Lipinski definition) is 1. The van der Waals surface area contributed by atoms with Crippen LogP contribution in [0.1, 0.15) is 44.2 Å². The van der Waals surface area contributed by atoms with Gasteiger partial charge in [-0.2, -0.15) is 0 Å². The molecule has 1 amide bonds. The van der Waals surface area contributed by atoms with Gasteiger partial charge in [0.05, 0.1) is 7.11 Å². The highest BCUT2D eigenvalue weighted by Gasteiger charge is 2.26. The van der Waals surface area contributed by atoms with Gasteiger partial charge in [0, 0.05) is 16.7 Å². The van der Waals surface area contributed by atoms with Gasteiger partial charge in [-0.15, -0.1) is 0 Å². The molecule has 1 N–H and O–H groups in total. The summed E-state index contributed by atoms with van der Waals surface area (Å²) in [5.41, 5.74) is 0.515. The zero-order valence-corrected chi connectivity index (χ0v) is 14.0. The van der Waals surface area contributed by atoms with E-state index in [-0.39, 0.29) is 17.9 Å². The lowest BCUT2D eigenvalue weighted by Crippen LogP contribution is -2.45. The Kier molecular flexibility index (Phi) is 5.80. The molecular weight excluding hydrogens is 324 g/mol. The number of ether oxygens (including phenoxy) is 1. The molecule has 0 saturated carbocycles. The van der Waals surface area contributed by atoms with Crippen LogP contribution in [0.2, 0.25) is 0 Å². The predicted molar refractivity (Wildman–Crippen MR) is 80.6 cm³/mol. The Labute approximate surface area is 127 Å². The molecule has 1 aromatic rings. The van der Waals surface area contributed by atoms with E-state index < -0.39 is 12.0 Å². The van der Waals surface area contributed by atoms with Crippen molar-refractivity contribution in [3.05, 3.63) is 22.4 Å². The van der Waals surface area contributed by atoms with Crippen molar-refractivity contribution in [3.8, 4) is 0 Å². The van der Waals surface area contributed by atoms with Crippen LogP contribution < -0.4 is 5.32 Å². The van der Waals surface area contributed by atoms with Gasteiger partial charge in [-0.05, 0) is 41.8 Å². The first kappa shape index (κ1) is 16.8. The van der Waals surface area contributed by atoms with Gasteiger partial charge in [-0.1, -0.05) is 13.8 Å². The summed E-state index contributed by atoms with van der Waals surface area (Å²) in [7, 11) is 1.32. The number of aromatic nitrogens is 1. The van der Waals surface area contributed by atoms with Gasteiger partial charge in [0.2, 0.25) is 0 Å². The highest BCUT2D eigenvalue weighted by Crippen LogP contribution is 2.19. The van der Waals surface area contributed by atoms with Crippen LogP contribution in [0.15, 0.2) is 16.7 Å². The van der Waals surface area contributed by atoms with E-state index in [1.165, 1.54) is 7.11 Å². The van der Waals surface area contributed by atoms with Crippen molar-refractivity contribution >= 4 is 27.8 Å². The Morgan fingerprint density at radius 1 is 1.30 bits per heavy atom. The second-order valence-electron chi connectivity index (χ2n) is 5.26. The molecule has 112 valence electrons. The first-order valence-corrected chi connectivity index (χ1v) is 7.33. The van der Waals surface area contributed by atoms with Crippen molar-refractivity contribution in [2.75, 3.05) is 7.11 Å². The van der Waals surface area contributed by atoms with E-state index in [4.69, 9.17) is 4.74 Å². The van der Waals surface area contributed by atoms with E-state index in [1.807, 2.05) is 38.5 Å². The molecule has 0 aliphatic rings. The molecule has 0 spiro atoms. The molecule has 5 nitrogen and oxygen atoms in total. The largest absolute Gasteiger partial charge is 0.467 e. The topological polar surface area (TPSA) is 60.3 Å². The molecule has 0 bridgehead atoms. The van der Waals surface area contributed by atoms with Gasteiger partial charge in [0.15, 0.2) is 0 Å². The zero-order chi connectivity index (χ0) is 15.4. The third-order valence-corrected chi connectivity index (χ3v) is 3.45. The molecule has 1 aromatic heterocycles. The minimum atomic E-state index is -0.651. The monoisotopic (exact) mass is 344 g/mol. The van der Waals surface area contributed by atoms with Gasteiger partial charge in [0.1, 0.15) is 11.7 Å². The molecule has 0 unspecified atom stereocenters. The molecule has 0 fully saturated rings. The minimum absolute atomic E-state index is 0.0442. The van der Waals surface area contributed by atoms with Crippen molar-refractivity contribution in [1.29, 1.82) is 0 Å². The summed E-state index contributed by atoms with van der Waals surface area (Å²) in [6.45, 7) is 7.70. The molecule has 1 atom stereocenters. The van der Waals surface area contributed by atoms with Crippen molar-refractivity contribution in [3.63, 3.8) is 0 Å². The van der Waals surface area contributed by atoms with Crippen LogP contribution in [0.3, 0.4) is 0 Å². The summed E-state index contributed by atoms with van der Waals surface area (Å²) in [5.74, 6) is -0.763. The van der Waals surface area contributed by atoms with Crippen LogP contribution in [-0.2, 0) is 9.53 Å². The van der Waals surface area contributed by atoms with Crippen LogP contribution in [0.5, 0.6) is 0 Å². The average molecular weight is 345 g/mol. The van der Waals surface area contributed by atoms with Crippen molar-refractivity contribution in [1.82, 2.24) is 9.88 Å². The van der Waals surface area contributed by atoms with Crippen LogP contribution in [0, 0.1) is 5.92 Å². The standard InChI is InChI=1S/C14H21BrN2O3/c1-8(2)12(14(19)20-5)16-13(18)11-6-10(15)7-17(11)9(3)4/h6-9,12H,1-5H3,(H,16,18)/t12-/m0/s1. The summed E-state index contributed by atoms with van der Waals surface area (Å²) in [5, 5.41) is 2.74. The smallest absolute Gasteiger partial charge is 0.328 e. The first-order valence-electron chi connectivity index (χ1n) is 6.54. The van der Waals surface area contributed by atoms with Gasteiger partial charge in [0.25, 0.3) is 5.91 Å². The summed E-state index contributed by atoms with van der Waals surface area (Å²) in [6.07, 6.45) is 1.85. The minimum Gasteiger partial charge on any atom is -0.467 e. The maximum Gasteiger partial charge on any atom is 0.328 e. The van der Waals surface area contributed by atoms with Crippen molar-refractivity contribution in [2.45, 2.75) is 39.8 Å². The fourth-order valence-electron chi connectivity index (χ4n) is 1.89. The summed E-state index contributed by atoms with van der Waals surface area (Å²) in [4.78, 5) is 24.0. The third kappa shape index (κ3) is 3.85. The molecule has 0 radical (unpaired) electrons. The van der Waals surface area contributed by atoms with Gasteiger partial charge >= 0.3 is 5.97 Å². The fourth-order valence-corrected chi connectivity index (χ4v) is 2.33. The van der Waals surface area contributed by atoms with E-state index in [9.17, 15) is 9.59 Å². The van der Waals surface area contributed by atoms with E-state index in [0.29, 0.717) is 5.69 Å². The van der Waals surface area contributed by atoms with Gasteiger partial charge in [-0.25, -0.2) is 4.79 Å². The van der Waals surface area contributed by atoms with E-state index >= 15 is 0 Å². The highest BCUT2D eigenvalue weighted by molar-refractivity contribution is 9.10. The Bertz CT molecular complexity index is 495. The van der Waals surface area contributed by atoms with Crippen LogP contribution in [0.25, 0.3) is 0 Å². The van der Waals surface area contributed by atoms with Gasteiger partial charge < -0.3 is 14.6 Å². The third-order valence-electron chi connectivity index (χ3n) is 3.01. The number of rotatable bonds is 5.